The first kappa shape index (κ1) is 14.3. The van der Waals surface area contributed by atoms with E-state index in [2.05, 4.69) is 23.7 Å². The highest BCUT2D eigenvalue weighted by molar-refractivity contribution is 5.95. The molecule has 0 fully saturated rings. The standard InChI is InChI=1S/C13H21N3O2/c1-5-9(3)16(6-2)12-11(13(17)18-4)7-10(14)8-15-12/h7-9H,5-6,14H2,1-4H3. The van der Waals surface area contributed by atoms with Crippen LogP contribution in [-0.2, 0) is 4.74 Å². The van der Waals surface area contributed by atoms with Crippen molar-refractivity contribution in [3.05, 3.63) is 17.8 Å². The monoisotopic (exact) mass is 251 g/mol. The fourth-order valence-corrected chi connectivity index (χ4v) is 1.85. The summed E-state index contributed by atoms with van der Waals surface area (Å²) in [6, 6.07) is 1.91. The molecule has 0 bridgehead atoms. The number of carbonyl (C=O) groups is 1. The minimum absolute atomic E-state index is 0.300. The van der Waals surface area contributed by atoms with E-state index in [4.69, 9.17) is 10.5 Å². The zero-order valence-corrected chi connectivity index (χ0v) is 11.4. The molecule has 0 aliphatic carbocycles. The van der Waals surface area contributed by atoms with E-state index >= 15 is 0 Å². The maximum atomic E-state index is 11.8. The number of hydrogen-bond acceptors (Lipinski definition) is 5. The summed E-state index contributed by atoms with van der Waals surface area (Å²) >= 11 is 0. The molecule has 0 radical (unpaired) electrons. The highest BCUT2D eigenvalue weighted by Crippen LogP contribution is 2.23. The summed E-state index contributed by atoms with van der Waals surface area (Å²) in [5, 5.41) is 0. The van der Waals surface area contributed by atoms with Gasteiger partial charge in [-0.3, -0.25) is 0 Å². The van der Waals surface area contributed by atoms with Gasteiger partial charge in [-0.1, -0.05) is 6.92 Å². The molecule has 1 rings (SSSR count). The van der Waals surface area contributed by atoms with Crippen LogP contribution < -0.4 is 10.6 Å². The first-order valence-electron chi connectivity index (χ1n) is 6.15. The van der Waals surface area contributed by atoms with E-state index in [0.29, 0.717) is 23.1 Å². The molecule has 0 saturated heterocycles. The molecular weight excluding hydrogens is 230 g/mol. The van der Waals surface area contributed by atoms with E-state index < -0.39 is 5.97 Å². The number of methoxy groups -OCH3 is 1. The van der Waals surface area contributed by atoms with Crippen molar-refractivity contribution in [2.45, 2.75) is 33.2 Å². The molecule has 1 aromatic rings. The molecule has 100 valence electrons. The van der Waals surface area contributed by atoms with Gasteiger partial charge in [0.15, 0.2) is 0 Å². The molecule has 0 saturated carbocycles. The Morgan fingerprint density at radius 1 is 1.56 bits per heavy atom. The van der Waals surface area contributed by atoms with Crippen molar-refractivity contribution >= 4 is 17.5 Å². The molecule has 5 nitrogen and oxygen atoms in total. The molecule has 1 atom stereocenters. The predicted molar refractivity (Wildman–Crippen MR) is 72.8 cm³/mol. The van der Waals surface area contributed by atoms with Gasteiger partial charge in [-0.2, -0.15) is 0 Å². The number of esters is 1. The Kier molecular flexibility index (Phi) is 4.95. The third-order valence-electron chi connectivity index (χ3n) is 3.03. The number of nitrogen functional groups attached to an aromatic ring is 1. The molecule has 18 heavy (non-hydrogen) atoms. The van der Waals surface area contributed by atoms with E-state index in [9.17, 15) is 4.79 Å². The van der Waals surface area contributed by atoms with Crippen molar-refractivity contribution in [3.63, 3.8) is 0 Å². The number of pyridine rings is 1. The van der Waals surface area contributed by atoms with Gasteiger partial charge in [-0.15, -0.1) is 0 Å². The van der Waals surface area contributed by atoms with Gasteiger partial charge in [0, 0.05) is 12.6 Å². The molecule has 0 spiro atoms. The van der Waals surface area contributed by atoms with Crippen LogP contribution in [0, 0.1) is 0 Å². The summed E-state index contributed by atoms with van der Waals surface area (Å²) in [5.41, 5.74) is 6.56. The smallest absolute Gasteiger partial charge is 0.341 e. The van der Waals surface area contributed by atoms with Crippen LogP contribution in [0.25, 0.3) is 0 Å². The van der Waals surface area contributed by atoms with Crippen molar-refractivity contribution in [1.82, 2.24) is 4.98 Å². The van der Waals surface area contributed by atoms with Gasteiger partial charge in [0.25, 0.3) is 0 Å². The predicted octanol–water partition coefficient (Wildman–Crippen LogP) is 2.08. The Labute approximate surface area is 108 Å². The topological polar surface area (TPSA) is 68.5 Å². The maximum absolute atomic E-state index is 11.8. The highest BCUT2D eigenvalue weighted by atomic mass is 16.5. The van der Waals surface area contributed by atoms with Crippen LogP contribution in [-0.4, -0.2) is 30.6 Å². The number of carbonyl (C=O) groups excluding carboxylic acids is 1. The number of nitrogens with two attached hydrogens (primary N) is 1. The summed E-state index contributed by atoms with van der Waals surface area (Å²) in [5.74, 6) is 0.222. The third-order valence-corrected chi connectivity index (χ3v) is 3.03. The molecule has 5 heteroatoms. The van der Waals surface area contributed by atoms with Gasteiger partial charge in [0.05, 0.1) is 19.0 Å². The second kappa shape index (κ2) is 6.23. The number of aromatic nitrogens is 1. The molecule has 0 aliphatic rings. The van der Waals surface area contributed by atoms with Crippen LogP contribution in [0.15, 0.2) is 12.3 Å². The largest absolute Gasteiger partial charge is 0.465 e. The fraction of sp³-hybridized carbons (Fsp3) is 0.538. The summed E-state index contributed by atoms with van der Waals surface area (Å²) in [4.78, 5) is 18.1. The fourth-order valence-electron chi connectivity index (χ4n) is 1.85. The van der Waals surface area contributed by atoms with Gasteiger partial charge in [0.1, 0.15) is 11.4 Å². The maximum Gasteiger partial charge on any atom is 0.341 e. The number of rotatable bonds is 5. The average molecular weight is 251 g/mol. The lowest BCUT2D eigenvalue weighted by atomic mass is 10.1. The Bertz CT molecular complexity index is 421. The van der Waals surface area contributed by atoms with E-state index in [1.807, 2.05) is 6.92 Å². The van der Waals surface area contributed by atoms with Crippen LogP contribution >= 0.6 is 0 Å². The van der Waals surface area contributed by atoms with Crippen molar-refractivity contribution in [1.29, 1.82) is 0 Å². The van der Waals surface area contributed by atoms with Crippen molar-refractivity contribution in [2.24, 2.45) is 0 Å². The average Bonchev–Trinajstić information content (AvgIpc) is 2.39. The van der Waals surface area contributed by atoms with E-state index in [1.165, 1.54) is 7.11 Å². The number of hydrogen-bond donors (Lipinski definition) is 1. The lowest BCUT2D eigenvalue weighted by molar-refractivity contribution is 0.0601. The molecule has 1 heterocycles. The summed E-state index contributed by atoms with van der Waals surface area (Å²) in [6.45, 7) is 7.01. The lowest BCUT2D eigenvalue weighted by Crippen LogP contribution is -2.34. The first-order chi connectivity index (χ1) is 8.54. The normalized spacial score (nSPS) is 12.0. The highest BCUT2D eigenvalue weighted by Gasteiger charge is 2.21. The van der Waals surface area contributed by atoms with Crippen LogP contribution in [0.3, 0.4) is 0 Å². The molecule has 2 N–H and O–H groups in total. The Balaban J connectivity index is 3.25. The van der Waals surface area contributed by atoms with Crippen molar-refractivity contribution in [3.8, 4) is 0 Å². The number of anilines is 2. The molecule has 0 aliphatic heterocycles. The summed E-state index contributed by atoms with van der Waals surface area (Å²) in [7, 11) is 1.36. The molecule has 1 unspecified atom stereocenters. The van der Waals surface area contributed by atoms with Crippen LogP contribution in [0.1, 0.15) is 37.6 Å². The number of nitrogens with zero attached hydrogens (tertiary/aromatic N) is 2. The lowest BCUT2D eigenvalue weighted by Gasteiger charge is -2.29. The van der Waals surface area contributed by atoms with E-state index in [1.54, 1.807) is 12.3 Å². The van der Waals surface area contributed by atoms with Gasteiger partial charge in [0.2, 0.25) is 0 Å². The number of ether oxygens (including phenoxy) is 1. The minimum atomic E-state index is -0.411. The molecule has 1 aromatic heterocycles. The second-order valence-electron chi connectivity index (χ2n) is 4.17. The Morgan fingerprint density at radius 3 is 2.72 bits per heavy atom. The molecule has 0 aromatic carbocycles. The Hall–Kier alpha value is -1.78. The van der Waals surface area contributed by atoms with Gasteiger partial charge >= 0.3 is 5.97 Å². The van der Waals surface area contributed by atoms with Gasteiger partial charge in [-0.05, 0) is 26.3 Å². The van der Waals surface area contributed by atoms with Crippen LogP contribution in [0.4, 0.5) is 11.5 Å². The second-order valence-corrected chi connectivity index (χ2v) is 4.17. The quantitative estimate of drug-likeness (QED) is 0.811. The first-order valence-corrected chi connectivity index (χ1v) is 6.15. The van der Waals surface area contributed by atoms with Crippen molar-refractivity contribution < 1.29 is 9.53 Å². The molecular formula is C13H21N3O2. The van der Waals surface area contributed by atoms with Crippen LogP contribution in [0.2, 0.25) is 0 Å². The minimum Gasteiger partial charge on any atom is -0.465 e. The van der Waals surface area contributed by atoms with E-state index in [0.717, 1.165) is 13.0 Å². The van der Waals surface area contributed by atoms with Gasteiger partial charge < -0.3 is 15.4 Å². The SMILES string of the molecule is CCC(C)N(CC)c1ncc(N)cc1C(=O)OC. The zero-order chi connectivity index (χ0) is 13.7. The van der Waals surface area contributed by atoms with Crippen molar-refractivity contribution in [2.75, 3.05) is 24.3 Å². The van der Waals surface area contributed by atoms with E-state index in [-0.39, 0.29) is 0 Å². The third kappa shape index (κ3) is 2.91. The van der Waals surface area contributed by atoms with Crippen LogP contribution in [0.5, 0.6) is 0 Å². The Morgan fingerprint density at radius 2 is 2.22 bits per heavy atom. The molecule has 0 amide bonds. The summed E-state index contributed by atoms with van der Waals surface area (Å²) < 4.78 is 4.78. The zero-order valence-electron chi connectivity index (χ0n) is 11.4. The van der Waals surface area contributed by atoms with Gasteiger partial charge in [-0.25, -0.2) is 9.78 Å². The summed E-state index contributed by atoms with van der Waals surface area (Å²) in [6.07, 6.45) is 2.54.